The normalized spacial score (nSPS) is 14.6. The van der Waals surface area contributed by atoms with Crippen molar-refractivity contribution >= 4 is 15.9 Å². The molecule has 17 heavy (non-hydrogen) atoms. The smallest absolute Gasteiger partial charge is 0.0175 e. The molecule has 0 aliphatic rings. The van der Waals surface area contributed by atoms with Crippen LogP contribution in [0.4, 0.5) is 0 Å². The van der Waals surface area contributed by atoms with Gasteiger partial charge in [-0.05, 0) is 43.0 Å². The lowest BCUT2D eigenvalue weighted by molar-refractivity contribution is 0.358. The van der Waals surface area contributed by atoms with E-state index in [1.54, 1.807) is 0 Å². The number of benzene rings is 1. The summed E-state index contributed by atoms with van der Waals surface area (Å²) < 4.78 is 1.16. The molecule has 0 bridgehead atoms. The zero-order valence-corrected chi connectivity index (χ0v) is 12.8. The van der Waals surface area contributed by atoms with Crippen molar-refractivity contribution in [3.63, 3.8) is 0 Å². The van der Waals surface area contributed by atoms with E-state index in [-0.39, 0.29) is 0 Å². The molecule has 0 saturated heterocycles. The second kappa shape index (κ2) is 7.88. The predicted octanol–water partition coefficient (Wildman–Crippen LogP) is 4.41. The highest BCUT2D eigenvalue weighted by Gasteiger charge is 2.15. The van der Waals surface area contributed by atoms with Gasteiger partial charge < -0.3 is 5.32 Å². The van der Waals surface area contributed by atoms with E-state index < -0.39 is 0 Å². The molecular weight excluding hydrogens is 274 g/mol. The standard InChI is InChI=1S/C15H24BrN/c1-4-6-12(3)15(17-5-2)11-13-7-9-14(16)10-8-13/h7-10,12,15,17H,4-6,11H2,1-3H3. The summed E-state index contributed by atoms with van der Waals surface area (Å²) >= 11 is 3.48. The van der Waals surface area contributed by atoms with Crippen LogP contribution >= 0.6 is 15.9 Å². The van der Waals surface area contributed by atoms with Crippen LogP contribution in [-0.2, 0) is 6.42 Å². The van der Waals surface area contributed by atoms with Gasteiger partial charge in [0.05, 0.1) is 0 Å². The molecule has 0 saturated carbocycles. The Morgan fingerprint density at radius 1 is 1.18 bits per heavy atom. The second-order valence-corrected chi connectivity index (χ2v) is 5.68. The van der Waals surface area contributed by atoms with Crippen molar-refractivity contribution in [1.82, 2.24) is 5.32 Å². The third-order valence-corrected chi connectivity index (χ3v) is 3.79. The summed E-state index contributed by atoms with van der Waals surface area (Å²) in [6.45, 7) is 7.86. The minimum absolute atomic E-state index is 0.598. The Labute approximate surface area is 114 Å². The van der Waals surface area contributed by atoms with Gasteiger partial charge in [-0.25, -0.2) is 0 Å². The van der Waals surface area contributed by atoms with Gasteiger partial charge in [0.1, 0.15) is 0 Å². The summed E-state index contributed by atoms with van der Waals surface area (Å²) in [6.07, 6.45) is 3.69. The van der Waals surface area contributed by atoms with Crippen molar-refractivity contribution in [3.8, 4) is 0 Å². The molecule has 0 amide bonds. The number of hydrogen-bond acceptors (Lipinski definition) is 1. The van der Waals surface area contributed by atoms with Gasteiger partial charge in [0.15, 0.2) is 0 Å². The van der Waals surface area contributed by atoms with Crippen molar-refractivity contribution < 1.29 is 0 Å². The Morgan fingerprint density at radius 2 is 1.82 bits per heavy atom. The van der Waals surface area contributed by atoms with Gasteiger partial charge in [-0.1, -0.05) is 55.3 Å². The summed E-state index contributed by atoms with van der Waals surface area (Å²) in [5.74, 6) is 0.739. The molecule has 1 nitrogen and oxygen atoms in total. The molecule has 96 valence electrons. The van der Waals surface area contributed by atoms with Crippen LogP contribution in [0.15, 0.2) is 28.7 Å². The maximum atomic E-state index is 3.62. The fourth-order valence-electron chi connectivity index (χ4n) is 2.27. The summed E-state index contributed by atoms with van der Waals surface area (Å²) in [6, 6.07) is 9.28. The quantitative estimate of drug-likeness (QED) is 0.786. The lowest BCUT2D eigenvalue weighted by Gasteiger charge is -2.24. The first kappa shape index (κ1) is 14.7. The molecule has 1 N–H and O–H groups in total. The van der Waals surface area contributed by atoms with Crippen molar-refractivity contribution in [2.24, 2.45) is 5.92 Å². The van der Waals surface area contributed by atoms with E-state index in [0.717, 1.165) is 23.4 Å². The van der Waals surface area contributed by atoms with Crippen LogP contribution in [0.2, 0.25) is 0 Å². The zero-order chi connectivity index (χ0) is 12.7. The fraction of sp³-hybridized carbons (Fsp3) is 0.600. The highest BCUT2D eigenvalue weighted by molar-refractivity contribution is 9.10. The van der Waals surface area contributed by atoms with Gasteiger partial charge in [0.2, 0.25) is 0 Å². The van der Waals surface area contributed by atoms with Crippen molar-refractivity contribution in [3.05, 3.63) is 34.3 Å². The second-order valence-electron chi connectivity index (χ2n) is 4.76. The first-order valence-corrected chi connectivity index (χ1v) is 7.44. The molecule has 1 aromatic carbocycles. The van der Waals surface area contributed by atoms with E-state index in [2.05, 4.69) is 66.3 Å². The maximum Gasteiger partial charge on any atom is 0.0175 e. The molecule has 0 fully saturated rings. The third kappa shape index (κ3) is 5.22. The van der Waals surface area contributed by atoms with Crippen LogP contribution in [0.5, 0.6) is 0 Å². The number of likely N-dealkylation sites (N-methyl/N-ethyl adjacent to an activating group) is 1. The molecule has 2 heteroatoms. The summed E-state index contributed by atoms with van der Waals surface area (Å²) in [5.41, 5.74) is 1.42. The van der Waals surface area contributed by atoms with E-state index in [4.69, 9.17) is 0 Å². The van der Waals surface area contributed by atoms with E-state index in [1.807, 2.05) is 0 Å². The van der Waals surface area contributed by atoms with Crippen LogP contribution in [0.3, 0.4) is 0 Å². The molecule has 0 aliphatic carbocycles. The summed E-state index contributed by atoms with van der Waals surface area (Å²) in [7, 11) is 0. The SMILES string of the molecule is CCCC(C)C(Cc1ccc(Br)cc1)NCC. The minimum atomic E-state index is 0.598. The van der Waals surface area contributed by atoms with Crippen molar-refractivity contribution in [2.45, 2.75) is 46.1 Å². The van der Waals surface area contributed by atoms with Gasteiger partial charge in [-0.2, -0.15) is 0 Å². The maximum absolute atomic E-state index is 3.62. The van der Waals surface area contributed by atoms with Crippen LogP contribution in [-0.4, -0.2) is 12.6 Å². The third-order valence-electron chi connectivity index (χ3n) is 3.27. The molecule has 2 atom stereocenters. The lowest BCUT2D eigenvalue weighted by Crippen LogP contribution is -2.36. The largest absolute Gasteiger partial charge is 0.314 e. The van der Waals surface area contributed by atoms with Crippen LogP contribution < -0.4 is 5.32 Å². The molecular formula is C15H24BrN. The average molecular weight is 298 g/mol. The van der Waals surface area contributed by atoms with Gasteiger partial charge in [-0.15, -0.1) is 0 Å². The van der Waals surface area contributed by atoms with Crippen molar-refractivity contribution in [2.75, 3.05) is 6.54 Å². The molecule has 0 aromatic heterocycles. The fourth-order valence-corrected chi connectivity index (χ4v) is 2.53. The molecule has 0 radical (unpaired) electrons. The zero-order valence-electron chi connectivity index (χ0n) is 11.2. The van der Waals surface area contributed by atoms with Gasteiger partial charge in [0.25, 0.3) is 0 Å². The van der Waals surface area contributed by atoms with Gasteiger partial charge >= 0.3 is 0 Å². The number of halogens is 1. The first-order chi connectivity index (χ1) is 8.17. The molecule has 1 rings (SSSR count). The number of nitrogens with one attached hydrogen (secondary N) is 1. The Balaban J connectivity index is 2.62. The van der Waals surface area contributed by atoms with Crippen LogP contribution in [0, 0.1) is 5.92 Å². The topological polar surface area (TPSA) is 12.0 Å². The molecule has 1 aromatic rings. The highest BCUT2D eigenvalue weighted by atomic mass is 79.9. The van der Waals surface area contributed by atoms with E-state index in [0.29, 0.717) is 6.04 Å². The molecule has 0 aliphatic heterocycles. The lowest BCUT2D eigenvalue weighted by atomic mass is 9.91. The predicted molar refractivity (Wildman–Crippen MR) is 79.4 cm³/mol. The van der Waals surface area contributed by atoms with Crippen LogP contribution in [0.25, 0.3) is 0 Å². The van der Waals surface area contributed by atoms with E-state index in [1.165, 1.54) is 18.4 Å². The minimum Gasteiger partial charge on any atom is -0.314 e. The van der Waals surface area contributed by atoms with Gasteiger partial charge in [0, 0.05) is 10.5 Å². The molecule has 2 unspecified atom stereocenters. The summed E-state index contributed by atoms with van der Waals surface area (Å²) in [4.78, 5) is 0. The Bertz CT molecular complexity index is 307. The number of rotatable bonds is 7. The first-order valence-electron chi connectivity index (χ1n) is 6.65. The van der Waals surface area contributed by atoms with Gasteiger partial charge in [-0.3, -0.25) is 0 Å². The summed E-state index contributed by atoms with van der Waals surface area (Å²) in [5, 5.41) is 3.62. The average Bonchev–Trinajstić information content (AvgIpc) is 2.31. The van der Waals surface area contributed by atoms with Crippen LogP contribution in [0.1, 0.15) is 39.2 Å². The Kier molecular flexibility index (Phi) is 6.83. The molecule has 0 spiro atoms. The Morgan fingerprint density at radius 3 is 2.35 bits per heavy atom. The van der Waals surface area contributed by atoms with E-state index in [9.17, 15) is 0 Å². The monoisotopic (exact) mass is 297 g/mol. The van der Waals surface area contributed by atoms with E-state index >= 15 is 0 Å². The highest BCUT2D eigenvalue weighted by Crippen LogP contribution is 2.17. The van der Waals surface area contributed by atoms with Crippen molar-refractivity contribution in [1.29, 1.82) is 0 Å². The number of hydrogen-bond donors (Lipinski definition) is 1. The Hall–Kier alpha value is -0.340. The molecule has 0 heterocycles.